The predicted octanol–water partition coefficient (Wildman–Crippen LogP) is 4.62. The van der Waals surface area contributed by atoms with Gasteiger partial charge in [0.15, 0.2) is 5.78 Å². The zero-order chi connectivity index (χ0) is 38.6. The second kappa shape index (κ2) is 21.0. The number of Topliss-reactive ketones (excluding diaryl/α,β-unsaturated/α-hetero) is 1. The molecule has 0 aromatic heterocycles. The van der Waals surface area contributed by atoms with E-state index in [-0.39, 0.29) is 66.2 Å². The number of rotatable bonds is 21. The third-order valence-electron chi connectivity index (χ3n) is 11.1. The molecule has 1 aliphatic rings. The Hall–Kier alpha value is -2.86. The van der Waals surface area contributed by atoms with Crippen LogP contribution in [0.2, 0.25) is 0 Å². The standard InChI is InChI=1S/C40H68N4O7/c1-13-26(6)36(43(10)40(49)30(24(2)3)22-32(45)35(41-9)25(4)5)33(50-11)23-34(46)44-21-17-20-31(44)38(51-12)27(7)39(48)42-28(8)37(47)29-18-15-14-16-19-29/h14-16,18-19,24-28,30-31,33,35-38,41,47H,13,17,20-23H2,1-12H3,(H,42,48)/t26-,27+,28+,30-,31-,33+,35-,36?,37+,38+/m0/s1. The van der Waals surface area contributed by atoms with Crippen LogP contribution in [-0.4, -0.2) is 110 Å². The molecule has 1 aromatic rings. The van der Waals surface area contributed by atoms with E-state index in [1.165, 1.54) is 0 Å². The molecule has 0 saturated carbocycles. The van der Waals surface area contributed by atoms with Crippen molar-refractivity contribution in [3.63, 3.8) is 0 Å². The van der Waals surface area contributed by atoms with Crippen LogP contribution in [0.4, 0.5) is 0 Å². The molecule has 11 nitrogen and oxygen atoms in total. The predicted molar refractivity (Wildman–Crippen MR) is 201 cm³/mol. The van der Waals surface area contributed by atoms with Crippen molar-refractivity contribution in [2.45, 2.75) is 130 Å². The number of likely N-dealkylation sites (tertiary alicyclic amines) is 1. The Morgan fingerprint density at radius 3 is 2.10 bits per heavy atom. The fraction of sp³-hybridized carbons (Fsp3) is 0.750. The van der Waals surface area contributed by atoms with Gasteiger partial charge >= 0.3 is 0 Å². The molecule has 10 atom stereocenters. The number of benzene rings is 1. The lowest BCUT2D eigenvalue weighted by Gasteiger charge is -2.41. The molecule has 0 aliphatic carbocycles. The Morgan fingerprint density at radius 2 is 1.59 bits per heavy atom. The van der Waals surface area contributed by atoms with Gasteiger partial charge in [0.2, 0.25) is 17.7 Å². The molecule has 3 N–H and O–H groups in total. The number of amides is 3. The van der Waals surface area contributed by atoms with Crippen LogP contribution in [0.3, 0.4) is 0 Å². The van der Waals surface area contributed by atoms with Crippen molar-refractivity contribution >= 4 is 23.5 Å². The first-order chi connectivity index (χ1) is 24.0. The van der Waals surface area contributed by atoms with E-state index in [0.29, 0.717) is 18.5 Å². The van der Waals surface area contributed by atoms with Crippen LogP contribution < -0.4 is 10.6 Å². The summed E-state index contributed by atoms with van der Waals surface area (Å²) in [6.07, 6.45) is 0.381. The van der Waals surface area contributed by atoms with Crippen LogP contribution in [0.25, 0.3) is 0 Å². The number of ketones is 1. The van der Waals surface area contributed by atoms with E-state index in [0.717, 1.165) is 12.8 Å². The van der Waals surface area contributed by atoms with Gasteiger partial charge in [-0.2, -0.15) is 0 Å². The lowest BCUT2D eigenvalue weighted by Crippen LogP contribution is -2.54. The van der Waals surface area contributed by atoms with Gasteiger partial charge in [0.05, 0.1) is 54.8 Å². The number of likely N-dealkylation sites (N-methyl/N-ethyl adjacent to an activating group) is 2. The van der Waals surface area contributed by atoms with Crippen molar-refractivity contribution in [1.29, 1.82) is 0 Å². The minimum atomic E-state index is -0.871. The number of nitrogens with one attached hydrogen (secondary N) is 2. The highest BCUT2D eigenvalue weighted by molar-refractivity contribution is 5.90. The zero-order valence-electron chi connectivity index (χ0n) is 33.3. The third kappa shape index (κ3) is 11.6. The Kier molecular flexibility index (Phi) is 18.2. The molecule has 1 unspecified atom stereocenters. The quantitative estimate of drug-likeness (QED) is 0.168. The maximum atomic E-state index is 14.2. The largest absolute Gasteiger partial charge is 0.386 e. The average molecular weight is 717 g/mol. The minimum Gasteiger partial charge on any atom is -0.386 e. The molecule has 0 spiro atoms. The molecule has 11 heteroatoms. The number of aliphatic hydroxyl groups excluding tert-OH is 1. The van der Waals surface area contributed by atoms with Gasteiger partial charge in [-0.3, -0.25) is 19.2 Å². The molecule has 1 aliphatic heterocycles. The third-order valence-corrected chi connectivity index (χ3v) is 11.1. The maximum Gasteiger partial charge on any atom is 0.226 e. The maximum absolute atomic E-state index is 14.2. The molecule has 2 rings (SSSR count). The number of carbonyl (C=O) groups is 4. The second-order valence-electron chi connectivity index (χ2n) is 15.3. The lowest BCUT2D eigenvalue weighted by atomic mass is 9.84. The van der Waals surface area contributed by atoms with E-state index in [9.17, 15) is 24.3 Å². The van der Waals surface area contributed by atoms with Crippen molar-refractivity contribution in [3.05, 3.63) is 35.9 Å². The summed E-state index contributed by atoms with van der Waals surface area (Å²) in [4.78, 5) is 58.6. The number of carbonyl (C=O) groups excluding carboxylic acids is 4. The van der Waals surface area contributed by atoms with Gasteiger partial charge in [0, 0.05) is 40.2 Å². The van der Waals surface area contributed by atoms with E-state index in [4.69, 9.17) is 9.47 Å². The molecule has 3 amide bonds. The molecule has 1 fully saturated rings. The SMILES string of the molecule is CC[C@H](C)C([C@@H](CC(=O)N1CCC[C@H]1[C@H](OC)[C@@H](C)C(=O)N[C@H](C)[C@@H](O)c1ccccc1)OC)N(C)C(=O)[C@@H](CC(=O)[C@@H](NC)C(C)C)C(C)C. The van der Waals surface area contributed by atoms with Gasteiger partial charge < -0.3 is 35.0 Å². The summed E-state index contributed by atoms with van der Waals surface area (Å²) in [6, 6.07) is 7.61. The summed E-state index contributed by atoms with van der Waals surface area (Å²) in [5, 5.41) is 16.9. The monoisotopic (exact) mass is 717 g/mol. The van der Waals surface area contributed by atoms with Crippen molar-refractivity contribution in [3.8, 4) is 0 Å². The molecule has 290 valence electrons. The van der Waals surface area contributed by atoms with Crippen molar-refractivity contribution in [2.24, 2.45) is 29.6 Å². The van der Waals surface area contributed by atoms with Gasteiger partial charge in [-0.1, -0.05) is 85.2 Å². The minimum absolute atomic E-state index is 0.0129. The first-order valence-corrected chi connectivity index (χ1v) is 18.9. The summed E-state index contributed by atoms with van der Waals surface area (Å²) in [5.74, 6) is -1.54. The van der Waals surface area contributed by atoms with E-state index in [1.807, 2.05) is 58.0 Å². The summed E-state index contributed by atoms with van der Waals surface area (Å²) >= 11 is 0. The molecule has 51 heavy (non-hydrogen) atoms. The summed E-state index contributed by atoms with van der Waals surface area (Å²) in [6.45, 7) is 16.1. The number of hydrogen-bond acceptors (Lipinski definition) is 8. The number of hydrogen-bond donors (Lipinski definition) is 3. The topological polar surface area (TPSA) is 138 Å². The molecule has 0 radical (unpaired) electrons. The Morgan fingerprint density at radius 1 is 0.961 bits per heavy atom. The highest BCUT2D eigenvalue weighted by Gasteiger charge is 2.43. The van der Waals surface area contributed by atoms with Gasteiger partial charge in [0.1, 0.15) is 0 Å². The van der Waals surface area contributed by atoms with Crippen LogP contribution in [0, 0.1) is 29.6 Å². The molecule has 1 aromatic carbocycles. The summed E-state index contributed by atoms with van der Waals surface area (Å²) in [7, 11) is 6.68. The van der Waals surface area contributed by atoms with Crippen LogP contribution in [0.15, 0.2) is 30.3 Å². The van der Waals surface area contributed by atoms with E-state index in [1.54, 1.807) is 52.0 Å². The van der Waals surface area contributed by atoms with Gasteiger partial charge in [0.25, 0.3) is 0 Å². The number of aliphatic hydroxyl groups is 1. The van der Waals surface area contributed by atoms with E-state index in [2.05, 4.69) is 24.5 Å². The highest BCUT2D eigenvalue weighted by Crippen LogP contribution is 2.31. The molecule has 1 heterocycles. The van der Waals surface area contributed by atoms with Gasteiger partial charge in [-0.05, 0) is 50.1 Å². The lowest BCUT2D eigenvalue weighted by molar-refractivity contribution is -0.149. The zero-order valence-corrected chi connectivity index (χ0v) is 33.3. The van der Waals surface area contributed by atoms with Crippen LogP contribution in [-0.2, 0) is 28.7 Å². The smallest absolute Gasteiger partial charge is 0.226 e. The average Bonchev–Trinajstić information content (AvgIpc) is 3.59. The van der Waals surface area contributed by atoms with Crippen molar-refractivity contribution in [2.75, 3.05) is 34.9 Å². The fourth-order valence-electron chi connectivity index (χ4n) is 7.76. The van der Waals surface area contributed by atoms with Crippen LogP contribution in [0.5, 0.6) is 0 Å². The molecular formula is C40H68N4O7. The van der Waals surface area contributed by atoms with E-state index < -0.39 is 42.2 Å². The number of ether oxygens (including phenoxy) is 2. The number of methoxy groups -OCH3 is 2. The molecule has 1 saturated heterocycles. The van der Waals surface area contributed by atoms with Gasteiger partial charge in [-0.15, -0.1) is 0 Å². The summed E-state index contributed by atoms with van der Waals surface area (Å²) < 4.78 is 11.9. The van der Waals surface area contributed by atoms with E-state index >= 15 is 0 Å². The second-order valence-corrected chi connectivity index (χ2v) is 15.3. The Bertz CT molecular complexity index is 1240. The molecular weight excluding hydrogens is 648 g/mol. The normalized spacial score (nSPS) is 20.2. The van der Waals surface area contributed by atoms with Crippen LogP contribution >= 0.6 is 0 Å². The molecule has 0 bridgehead atoms. The Labute approximate surface area is 307 Å². The van der Waals surface area contributed by atoms with Crippen molar-refractivity contribution < 1.29 is 33.8 Å². The number of nitrogens with zero attached hydrogens (tertiary/aromatic N) is 2. The van der Waals surface area contributed by atoms with Gasteiger partial charge in [-0.25, -0.2) is 0 Å². The fourth-order valence-corrected chi connectivity index (χ4v) is 7.76. The summed E-state index contributed by atoms with van der Waals surface area (Å²) in [5.41, 5.74) is 0.714. The first kappa shape index (κ1) is 44.3. The van der Waals surface area contributed by atoms with Crippen LogP contribution in [0.1, 0.15) is 99.2 Å². The Balaban J connectivity index is 2.24. The highest BCUT2D eigenvalue weighted by atomic mass is 16.5. The van der Waals surface area contributed by atoms with Crippen molar-refractivity contribution in [1.82, 2.24) is 20.4 Å². The first-order valence-electron chi connectivity index (χ1n) is 18.9.